The van der Waals surface area contributed by atoms with Gasteiger partial charge in [-0.3, -0.25) is 4.52 Å². The van der Waals surface area contributed by atoms with Crippen molar-refractivity contribution in [3.8, 4) is 5.75 Å². The van der Waals surface area contributed by atoms with Crippen LogP contribution in [-0.4, -0.2) is 39.2 Å². The maximum Gasteiger partial charge on any atom is 0.404 e. The van der Waals surface area contributed by atoms with Gasteiger partial charge in [0.25, 0.3) is 0 Å². The average molecular weight is 397 g/mol. The zero-order valence-corrected chi connectivity index (χ0v) is 15.7. The molecule has 0 aliphatic carbocycles. The fourth-order valence-corrected chi connectivity index (χ4v) is 3.22. The molecule has 1 aliphatic rings. The van der Waals surface area contributed by atoms with Crippen molar-refractivity contribution in [2.45, 2.75) is 24.9 Å². The molecule has 2 rings (SSSR count). The van der Waals surface area contributed by atoms with E-state index >= 15 is 0 Å². The third-order valence-electron chi connectivity index (χ3n) is 2.96. The standard InChI is InChI=1S/C13H16BNO5P.Y/c14-6-13-8-19-21(17,9-18-13)20-12-3-1-10(2-4-12)5-11(15)7-16;/h1-4,11,13H,5-6,8-9,15H2;/q-1;/t11-,13-,21?;/m0./s1. The van der Waals surface area contributed by atoms with Crippen LogP contribution in [0.15, 0.2) is 24.3 Å². The van der Waals surface area contributed by atoms with Crippen molar-refractivity contribution in [3.63, 3.8) is 0 Å². The molecule has 1 aromatic rings. The third kappa shape index (κ3) is 5.88. The van der Waals surface area contributed by atoms with Gasteiger partial charge in [0.15, 0.2) is 6.35 Å². The number of carbonyl (C=O) groups excluding carboxylic acids is 1. The molecule has 3 atom stereocenters. The van der Waals surface area contributed by atoms with Crippen LogP contribution in [0.5, 0.6) is 5.75 Å². The Morgan fingerprint density at radius 2 is 2.14 bits per heavy atom. The summed E-state index contributed by atoms with van der Waals surface area (Å²) in [5.41, 5.74) is 6.36. The summed E-state index contributed by atoms with van der Waals surface area (Å²) >= 11 is 0. The first-order valence-corrected chi connectivity index (χ1v) is 8.24. The molecule has 0 spiro atoms. The first-order valence-electron chi connectivity index (χ1n) is 6.52. The largest absolute Gasteiger partial charge is 0.540 e. The molecular weight excluding hydrogens is 381 g/mol. The SMILES string of the molecule is [B]C[C@H]1COP(=O)(Oc2ccc(C[C@H](N)[C-]=O)cc2)CO1.[Y]. The van der Waals surface area contributed by atoms with E-state index in [4.69, 9.17) is 27.4 Å². The van der Waals surface area contributed by atoms with Crippen LogP contribution in [0.1, 0.15) is 5.56 Å². The molecule has 0 aromatic heterocycles. The number of rotatable bonds is 6. The number of benzene rings is 1. The molecule has 0 amide bonds. The Kier molecular flexibility index (Phi) is 8.47. The van der Waals surface area contributed by atoms with E-state index in [1.54, 1.807) is 30.6 Å². The molecule has 1 fully saturated rings. The van der Waals surface area contributed by atoms with Crippen LogP contribution in [0.25, 0.3) is 0 Å². The predicted octanol–water partition coefficient (Wildman–Crippen LogP) is 1.20. The van der Waals surface area contributed by atoms with Gasteiger partial charge in [0.2, 0.25) is 0 Å². The number of hydrogen-bond donors (Lipinski definition) is 1. The van der Waals surface area contributed by atoms with E-state index in [1.807, 2.05) is 0 Å². The molecule has 3 radical (unpaired) electrons. The molecule has 1 aliphatic heterocycles. The van der Waals surface area contributed by atoms with E-state index in [-0.39, 0.29) is 51.8 Å². The predicted molar refractivity (Wildman–Crippen MR) is 78.3 cm³/mol. The van der Waals surface area contributed by atoms with Crippen molar-refractivity contribution in [3.05, 3.63) is 29.8 Å². The number of nitrogens with two attached hydrogens (primary N) is 1. The Labute approximate surface area is 156 Å². The topological polar surface area (TPSA) is 87.9 Å². The summed E-state index contributed by atoms with van der Waals surface area (Å²) in [6.07, 6.45) is 2.04. The second-order valence-corrected chi connectivity index (χ2v) is 6.64. The summed E-state index contributed by atoms with van der Waals surface area (Å²) in [7, 11) is 2.14. The molecule has 1 heterocycles. The van der Waals surface area contributed by atoms with Gasteiger partial charge in [-0.05, 0) is 24.1 Å². The van der Waals surface area contributed by atoms with Gasteiger partial charge in [0.05, 0.1) is 20.6 Å². The zero-order chi connectivity index (χ0) is 15.3. The maximum absolute atomic E-state index is 12.3. The molecule has 22 heavy (non-hydrogen) atoms. The Morgan fingerprint density at radius 3 is 2.64 bits per heavy atom. The molecule has 1 saturated heterocycles. The molecular formula is C13H16BNO5PY-. The van der Waals surface area contributed by atoms with Crippen molar-refractivity contribution in [2.24, 2.45) is 5.73 Å². The van der Waals surface area contributed by atoms with E-state index in [2.05, 4.69) is 0 Å². The molecule has 6 nitrogen and oxygen atoms in total. The number of ether oxygens (including phenoxy) is 1. The van der Waals surface area contributed by atoms with Crippen LogP contribution in [0.4, 0.5) is 0 Å². The van der Waals surface area contributed by atoms with E-state index in [0.29, 0.717) is 18.5 Å². The minimum atomic E-state index is -3.30. The fourth-order valence-electron chi connectivity index (χ4n) is 1.81. The Balaban J connectivity index is 0.00000242. The molecule has 1 unspecified atom stereocenters. The summed E-state index contributed by atoms with van der Waals surface area (Å²) in [4.78, 5) is 10.4. The second-order valence-electron chi connectivity index (χ2n) is 4.72. The van der Waals surface area contributed by atoms with Crippen LogP contribution < -0.4 is 10.3 Å². The maximum atomic E-state index is 12.3. The van der Waals surface area contributed by atoms with Gasteiger partial charge in [-0.2, -0.15) is 0 Å². The average Bonchev–Trinajstić information content (AvgIpc) is 2.50. The van der Waals surface area contributed by atoms with Crippen LogP contribution in [-0.2, 0) is 57.8 Å². The minimum Gasteiger partial charge on any atom is -0.540 e. The summed E-state index contributed by atoms with van der Waals surface area (Å²) in [5.74, 6) is 0.403. The second kappa shape index (κ2) is 9.31. The Bertz CT molecular complexity index is 518. The van der Waals surface area contributed by atoms with E-state index in [0.717, 1.165) is 5.56 Å². The minimum absolute atomic E-state index is 0. The van der Waals surface area contributed by atoms with E-state index in [1.165, 1.54) is 0 Å². The molecule has 1 aromatic carbocycles. The van der Waals surface area contributed by atoms with E-state index in [9.17, 15) is 9.36 Å². The van der Waals surface area contributed by atoms with Gasteiger partial charge in [0.1, 0.15) is 5.75 Å². The quantitative estimate of drug-likeness (QED) is 0.441. The van der Waals surface area contributed by atoms with Crippen LogP contribution in [0, 0.1) is 0 Å². The summed E-state index contributed by atoms with van der Waals surface area (Å²) < 4.78 is 28.2. The Hall–Kier alpha value is -0.0312. The summed E-state index contributed by atoms with van der Waals surface area (Å²) in [6.45, 7) is 0.149. The molecule has 9 heteroatoms. The van der Waals surface area contributed by atoms with Crippen molar-refractivity contribution in [1.82, 2.24) is 0 Å². The van der Waals surface area contributed by atoms with Crippen LogP contribution >= 0.6 is 7.60 Å². The zero-order valence-electron chi connectivity index (χ0n) is 12.0. The van der Waals surface area contributed by atoms with Crippen molar-refractivity contribution < 1.29 is 55.9 Å². The van der Waals surface area contributed by atoms with Crippen LogP contribution in [0.3, 0.4) is 0 Å². The number of hydrogen-bond acceptors (Lipinski definition) is 6. The smallest absolute Gasteiger partial charge is 0.404 e. The molecule has 2 N–H and O–H groups in total. The fraction of sp³-hybridized carbons (Fsp3) is 0.462. The first-order chi connectivity index (χ1) is 10.0. The monoisotopic (exact) mass is 397 g/mol. The Morgan fingerprint density at radius 1 is 1.45 bits per heavy atom. The molecule has 0 bridgehead atoms. The normalized spacial score (nSPS) is 25.8. The molecule has 0 saturated carbocycles. The van der Waals surface area contributed by atoms with Crippen molar-refractivity contribution >= 4 is 21.7 Å². The first kappa shape index (κ1) is 20.0. The van der Waals surface area contributed by atoms with Gasteiger partial charge >= 0.3 is 7.60 Å². The van der Waals surface area contributed by atoms with Gasteiger partial charge in [-0.25, -0.2) is 10.9 Å². The van der Waals surface area contributed by atoms with Crippen molar-refractivity contribution in [2.75, 3.05) is 13.0 Å². The van der Waals surface area contributed by atoms with Crippen molar-refractivity contribution in [1.29, 1.82) is 0 Å². The summed E-state index contributed by atoms with van der Waals surface area (Å²) in [6, 6.07) is 6.12. The molecule has 115 valence electrons. The third-order valence-corrected chi connectivity index (χ3v) is 4.46. The van der Waals surface area contributed by atoms with Gasteiger partial charge in [-0.1, -0.05) is 24.5 Å². The van der Waals surface area contributed by atoms with Crippen LogP contribution in [0.2, 0.25) is 6.32 Å². The summed E-state index contributed by atoms with van der Waals surface area (Å²) in [5, 5.41) is 0. The van der Waals surface area contributed by atoms with Gasteiger partial charge in [0, 0.05) is 32.7 Å². The van der Waals surface area contributed by atoms with Gasteiger partial charge in [-0.15, -0.1) is 0 Å². The van der Waals surface area contributed by atoms with Gasteiger partial charge < -0.3 is 19.8 Å². The van der Waals surface area contributed by atoms with E-state index < -0.39 is 13.6 Å².